The second-order valence-electron chi connectivity index (χ2n) is 4.66. The van der Waals surface area contributed by atoms with Crippen LogP contribution in [0.25, 0.3) is 0 Å². The molecular formula is C15H19N3O3. The van der Waals surface area contributed by atoms with E-state index in [1.165, 1.54) is 5.01 Å². The van der Waals surface area contributed by atoms with Crippen molar-refractivity contribution in [2.45, 2.75) is 19.8 Å². The maximum absolute atomic E-state index is 11.6. The van der Waals surface area contributed by atoms with Gasteiger partial charge >= 0.3 is 5.97 Å². The summed E-state index contributed by atoms with van der Waals surface area (Å²) in [5.74, 6) is 5.53. The molecule has 3 N–H and O–H groups in total. The number of nitrogens with two attached hydrogens (primary N) is 1. The van der Waals surface area contributed by atoms with Crippen molar-refractivity contribution >= 4 is 11.8 Å². The molecule has 0 radical (unpaired) electrons. The molecule has 0 aliphatic carbocycles. The Bertz CT molecular complexity index is 567. The number of aliphatic imine (C=N–C) groups is 1. The van der Waals surface area contributed by atoms with Crippen molar-refractivity contribution in [2.24, 2.45) is 10.8 Å². The van der Waals surface area contributed by atoms with E-state index in [1.807, 2.05) is 30.3 Å². The number of hydrazine groups is 1. The van der Waals surface area contributed by atoms with Crippen LogP contribution in [-0.2, 0) is 16.0 Å². The molecule has 0 atom stereocenters. The number of aliphatic hydroxyl groups excluding tert-OH is 1. The van der Waals surface area contributed by atoms with Gasteiger partial charge in [0.15, 0.2) is 0 Å². The number of nitrogens with zero attached hydrogens (tertiary/aromatic N) is 2. The molecule has 2 rings (SSSR count). The van der Waals surface area contributed by atoms with Crippen LogP contribution in [0.4, 0.5) is 0 Å². The average Bonchev–Trinajstić information content (AvgIpc) is 2.49. The van der Waals surface area contributed by atoms with Gasteiger partial charge in [0, 0.05) is 6.42 Å². The Morgan fingerprint density at radius 3 is 2.76 bits per heavy atom. The summed E-state index contributed by atoms with van der Waals surface area (Å²) in [6.07, 6.45) is 1.34. The molecule has 0 amide bonds. The first-order valence-electron chi connectivity index (χ1n) is 6.84. The smallest absolute Gasteiger partial charge is 0.341 e. The maximum atomic E-state index is 11.6. The summed E-state index contributed by atoms with van der Waals surface area (Å²) in [4.78, 5) is 15.7. The molecular weight excluding hydrogens is 270 g/mol. The lowest BCUT2D eigenvalue weighted by molar-refractivity contribution is -0.139. The number of amidine groups is 1. The van der Waals surface area contributed by atoms with Crippen LogP contribution in [0.15, 0.2) is 46.8 Å². The Labute approximate surface area is 123 Å². The molecule has 112 valence electrons. The van der Waals surface area contributed by atoms with Gasteiger partial charge in [-0.1, -0.05) is 30.3 Å². The third kappa shape index (κ3) is 3.82. The van der Waals surface area contributed by atoms with Crippen molar-refractivity contribution in [2.75, 3.05) is 13.2 Å². The largest absolute Gasteiger partial charge is 0.493 e. The summed E-state index contributed by atoms with van der Waals surface area (Å²) in [6.45, 7) is 2.04. The van der Waals surface area contributed by atoms with E-state index in [9.17, 15) is 9.90 Å². The molecule has 1 aliphatic heterocycles. The molecule has 0 aromatic heterocycles. The minimum atomic E-state index is -0.587. The van der Waals surface area contributed by atoms with Crippen LogP contribution in [-0.4, -0.2) is 35.1 Å². The van der Waals surface area contributed by atoms with Crippen LogP contribution in [0.2, 0.25) is 0 Å². The molecule has 1 aromatic rings. The molecule has 0 spiro atoms. The summed E-state index contributed by atoms with van der Waals surface area (Å²) >= 11 is 0. The maximum Gasteiger partial charge on any atom is 0.341 e. The topological polar surface area (TPSA) is 88.2 Å². The third-order valence-electron chi connectivity index (χ3n) is 3.17. The van der Waals surface area contributed by atoms with Crippen molar-refractivity contribution in [1.29, 1.82) is 0 Å². The average molecular weight is 289 g/mol. The first-order chi connectivity index (χ1) is 10.1. The minimum absolute atomic E-state index is 0.0859. The van der Waals surface area contributed by atoms with Gasteiger partial charge in [-0.05, 0) is 18.9 Å². The van der Waals surface area contributed by atoms with E-state index in [-0.39, 0.29) is 24.6 Å². The fourth-order valence-corrected chi connectivity index (χ4v) is 2.06. The van der Waals surface area contributed by atoms with Gasteiger partial charge in [0.1, 0.15) is 11.4 Å². The highest BCUT2D eigenvalue weighted by atomic mass is 16.5. The Hall–Kier alpha value is -2.34. The summed E-state index contributed by atoms with van der Waals surface area (Å²) < 4.78 is 4.86. The van der Waals surface area contributed by atoms with Crippen molar-refractivity contribution in [3.63, 3.8) is 0 Å². The second-order valence-corrected chi connectivity index (χ2v) is 4.66. The summed E-state index contributed by atoms with van der Waals surface area (Å²) in [5, 5.41) is 11.2. The Morgan fingerprint density at radius 2 is 2.10 bits per heavy atom. The van der Waals surface area contributed by atoms with Crippen LogP contribution in [0, 0.1) is 0 Å². The quantitative estimate of drug-likeness (QED) is 0.634. The van der Waals surface area contributed by atoms with Gasteiger partial charge in [-0.25, -0.2) is 10.6 Å². The highest BCUT2D eigenvalue weighted by molar-refractivity contribution is 5.93. The number of esters is 1. The molecule has 0 unspecified atom stereocenters. The van der Waals surface area contributed by atoms with Crippen molar-refractivity contribution in [3.8, 4) is 0 Å². The standard InChI is InChI=1S/C15H19N3O3/c1-2-21-15(20)12-10-18(16)13(17-14(12)19)9-8-11-6-4-3-5-7-11/h3-7,19H,2,8-10,16H2,1H3. The van der Waals surface area contributed by atoms with Crippen LogP contribution >= 0.6 is 0 Å². The van der Waals surface area contributed by atoms with Crippen LogP contribution in [0.5, 0.6) is 0 Å². The number of carbonyl (C=O) groups is 1. The lowest BCUT2D eigenvalue weighted by Crippen LogP contribution is -2.43. The Kier molecular flexibility index (Phi) is 4.94. The molecule has 1 heterocycles. The summed E-state index contributed by atoms with van der Waals surface area (Å²) in [7, 11) is 0. The van der Waals surface area contributed by atoms with E-state index in [2.05, 4.69) is 4.99 Å². The van der Waals surface area contributed by atoms with Crippen molar-refractivity contribution in [3.05, 3.63) is 47.4 Å². The van der Waals surface area contributed by atoms with Gasteiger partial charge in [-0.15, -0.1) is 0 Å². The molecule has 1 aromatic carbocycles. The molecule has 1 aliphatic rings. The van der Waals surface area contributed by atoms with Gasteiger partial charge in [0.2, 0.25) is 5.88 Å². The number of ether oxygens (including phenoxy) is 1. The van der Waals surface area contributed by atoms with E-state index in [4.69, 9.17) is 10.6 Å². The van der Waals surface area contributed by atoms with Crippen LogP contribution in [0.1, 0.15) is 18.9 Å². The molecule has 0 saturated heterocycles. The number of aryl methyl sites for hydroxylation is 1. The summed E-state index contributed by atoms with van der Waals surface area (Å²) in [5.41, 5.74) is 1.25. The zero-order chi connectivity index (χ0) is 15.2. The van der Waals surface area contributed by atoms with E-state index in [0.717, 1.165) is 12.0 Å². The Morgan fingerprint density at radius 1 is 1.38 bits per heavy atom. The van der Waals surface area contributed by atoms with Gasteiger partial charge in [-0.2, -0.15) is 4.99 Å². The van der Waals surface area contributed by atoms with Gasteiger partial charge < -0.3 is 9.84 Å². The lowest BCUT2D eigenvalue weighted by atomic mass is 10.1. The minimum Gasteiger partial charge on any atom is -0.493 e. The number of carbonyl (C=O) groups excluding carboxylic acids is 1. The lowest BCUT2D eigenvalue weighted by Gasteiger charge is -2.25. The predicted octanol–water partition coefficient (Wildman–Crippen LogP) is 1.54. The first-order valence-corrected chi connectivity index (χ1v) is 6.84. The van der Waals surface area contributed by atoms with E-state index in [0.29, 0.717) is 12.3 Å². The normalized spacial score (nSPS) is 15.0. The molecule has 6 nitrogen and oxygen atoms in total. The molecule has 0 bridgehead atoms. The monoisotopic (exact) mass is 289 g/mol. The van der Waals surface area contributed by atoms with Gasteiger partial charge in [0.05, 0.1) is 13.2 Å². The number of benzene rings is 1. The van der Waals surface area contributed by atoms with Crippen molar-refractivity contribution in [1.82, 2.24) is 5.01 Å². The van der Waals surface area contributed by atoms with E-state index >= 15 is 0 Å². The fourth-order valence-electron chi connectivity index (χ4n) is 2.06. The van der Waals surface area contributed by atoms with Gasteiger partial charge in [0.25, 0.3) is 0 Å². The highest BCUT2D eigenvalue weighted by Gasteiger charge is 2.25. The Balaban J connectivity index is 2.07. The van der Waals surface area contributed by atoms with Crippen LogP contribution in [0.3, 0.4) is 0 Å². The predicted molar refractivity (Wildman–Crippen MR) is 79.4 cm³/mol. The van der Waals surface area contributed by atoms with E-state index in [1.54, 1.807) is 6.92 Å². The molecule has 21 heavy (non-hydrogen) atoms. The first kappa shape index (κ1) is 15.1. The zero-order valence-corrected chi connectivity index (χ0v) is 12.0. The van der Waals surface area contributed by atoms with Crippen molar-refractivity contribution < 1.29 is 14.6 Å². The van der Waals surface area contributed by atoms with Crippen LogP contribution < -0.4 is 5.84 Å². The molecule has 6 heteroatoms. The second kappa shape index (κ2) is 6.90. The zero-order valence-electron chi connectivity index (χ0n) is 12.0. The SMILES string of the molecule is CCOC(=O)C1=C(O)N=C(CCc2ccccc2)N(N)C1. The van der Waals surface area contributed by atoms with E-state index < -0.39 is 5.97 Å². The third-order valence-corrected chi connectivity index (χ3v) is 3.17. The molecule has 0 fully saturated rings. The highest BCUT2D eigenvalue weighted by Crippen LogP contribution is 2.16. The number of hydrogen-bond acceptors (Lipinski definition) is 6. The number of hydrogen-bond donors (Lipinski definition) is 2. The number of rotatable bonds is 5. The summed E-state index contributed by atoms with van der Waals surface area (Å²) in [6, 6.07) is 9.92. The van der Waals surface area contributed by atoms with Gasteiger partial charge in [-0.3, -0.25) is 5.01 Å². The number of aliphatic hydroxyl groups is 1. The fraction of sp³-hybridized carbons (Fsp3) is 0.333. The molecule has 0 saturated carbocycles.